The Labute approximate surface area is 139 Å². The molecule has 0 bridgehead atoms. The summed E-state index contributed by atoms with van der Waals surface area (Å²) in [6, 6.07) is 10.1. The van der Waals surface area contributed by atoms with E-state index in [4.69, 9.17) is 4.98 Å². The Kier molecular flexibility index (Phi) is 3.49. The lowest BCUT2D eigenvalue weighted by Gasteiger charge is -2.11. The second-order valence-corrected chi connectivity index (χ2v) is 5.70. The number of anilines is 3. The Bertz CT molecular complexity index is 1020. The van der Waals surface area contributed by atoms with Crippen LogP contribution < -0.4 is 10.6 Å². The van der Waals surface area contributed by atoms with Gasteiger partial charge < -0.3 is 10.6 Å². The molecule has 4 aromatic rings. The minimum Gasteiger partial charge on any atom is -0.385 e. The maximum atomic E-state index is 4.69. The van der Waals surface area contributed by atoms with Gasteiger partial charge in [-0.3, -0.25) is 5.10 Å². The summed E-state index contributed by atoms with van der Waals surface area (Å²) in [7, 11) is 0. The molecule has 0 radical (unpaired) electrons. The van der Waals surface area contributed by atoms with Crippen LogP contribution in [0, 0.1) is 6.92 Å². The van der Waals surface area contributed by atoms with Crippen molar-refractivity contribution in [3.05, 3.63) is 48.3 Å². The van der Waals surface area contributed by atoms with E-state index >= 15 is 0 Å². The minimum absolute atomic E-state index is 0.582. The van der Waals surface area contributed by atoms with Crippen LogP contribution >= 0.6 is 0 Å². The molecular weight excluding hydrogens is 300 g/mol. The molecule has 0 aliphatic carbocycles. The SMILES string of the molecule is CCNc1ccc2cnc(Nc3ccc4cn[nH]c4c3)nc2c1C. The van der Waals surface area contributed by atoms with Gasteiger partial charge in [0.05, 0.1) is 17.2 Å². The summed E-state index contributed by atoms with van der Waals surface area (Å²) in [6.07, 6.45) is 3.65. The van der Waals surface area contributed by atoms with Crippen molar-refractivity contribution < 1.29 is 0 Å². The topological polar surface area (TPSA) is 78.5 Å². The van der Waals surface area contributed by atoms with E-state index < -0.39 is 0 Å². The van der Waals surface area contributed by atoms with Gasteiger partial charge >= 0.3 is 0 Å². The summed E-state index contributed by atoms with van der Waals surface area (Å²) >= 11 is 0. The quantitative estimate of drug-likeness (QED) is 0.530. The average molecular weight is 318 g/mol. The van der Waals surface area contributed by atoms with Crippen molar-refractivity contribution in [3.8, 4) is 0 Å². The molecule has 2 aromatic heterocycles. The molecule has 2 aromatic carbocycles. The van der Waals surface area contributed by atoms with Crippen LogP contribution in [0.1, 0.15) is 12.5 Å². The summed E-state index contributed by atoms with van der Waals surface area (Å²) in [6.45, 7) is 5.04. The summed E-state index contributed by atoms with van der Waals surface area (Å²) in [5.74, 6) is 0.582. The first kappa shape index (κ1) is 14.4. The number of hydrogen-bond donors (Lipinski definition) is 3. The summed E-state index contributed by atoms with van der Waals surface area (Å²) in [5.41, 5.74) is 5.09. The van der Waals surface area contributed by atoms with Crippen LogP contribution in [-0.2, 0) is 0 Å². The fourth-order valence-corrected chi connectivity index (χ4v) is 2.83. The Balaban J connectivity index is 1.72. The van der Waals surface area contributed by atoms with Crippen LogP contribution in [-0.4, -0.2) is 26.7 Å². The number of fused-ring (bicyclic) bond motifs is 2. The first-order valence-electron chi connectivity index (χ1n) is 7.95. The van der Waals surface area contributed by atoms with Gasteiger partial charge in [-0.15, -0.1) is 0 Å². The third-order valence-corrected chi connectivity index (χ3v) is 4.07. The summed E-state index contributed by atoms with van der Waals surface area (Å²) in [4.78, 5) is 9.11. The number of H-pyrrole nitrogens is 1. The Hall–Kier alpha value is -3.15. The standard InChI is InChI=1S/C18H18N6/c1-3-19-15-7-5-13-9-20-18(23-17(13)11(15)2)22-14-6-4-12-10-21-24-16(12)8-14/h4-10,19H,3H2,1-2H3,(H,21,24)(H,20,22,23). The van der Waals surface area contributed by atoms with Crippen LogP contribution in [0.25, 0.3) is 21.8 Å². The maximum Gasteiger partial charge on any atom is 0.227 e. The highest BCUT2D eigenvalue weighted by Crippen LogP contribution is 2.25. The first-order chi connectivity index (χ1) is 11.7. The molecule has 0 atom stereocenters. The Morgan fingerprint density at radius 1 is 1.08 bits per heavy atom. The van der Waals surface area contributed by atoms with E-state index in [0.29, 0.717) is 5.95 Å². The largest absolute Gasteiger partial charge is 0.385 e. The van der Waals surface area contributed by atoms with E-state index in [-0.39, 0.29) is 0 Å². The van der Waals surface area contributed by atoms with E-state index in [2.05, 4.69) is 45.7 Å². The molecule has 6 heteroatoms. The van der Waals surface area contributed by atoms with Crippen LogP contribution in [0.15, 0.2) is 42.7 Å². The van der Waals surface area contributed by atoms with E-state index in [0.717, 1.165) is 45.3 Å². The van der Waals surface area contributed by atoms with Crippen LogP contribution in [0.4, 0.5) is 17.3 Å². The van der Waals surface area contributed by atoms with Crippen LogP contribution in [0.5, 0.6) is 0 Å². The lowest BCUT2D eigenvalue weighted by atomic mass is 10.1. The van der Waals surface area contributed by atoms with Gasteiger partial charge in [0.15, 0.2) is 0 Å². The predicted molar refractivity (Wildman–Crippen MR) is 97.8 cm³/mol. The molecule has 0 unspecified atom stereocenters. The van der Waals surface area contributed by atoms with Crippen molar-refractivity contribution in [2.75, 3.05) is 17.2 Å². The highest BCUT2D eigenvalue weighted by molar-refractivity contribution is 5.87. The lowest BCUT2D eigenvalue weighted by Crippen LogP contribution is -2.01. The van der Waals surface area contributed by atoms with Gasteiger partial charge in [0.25, 0.3) is 0 Å². The zero-order valence-corrected chi connectivity index (χ0v) is 13.6. The third kappa shape index (κ3) is 2.52. The number of hydrogen-bond acceptors (Lipinski definition) is 5. The lowest BCUT2D eigenvalue weighted by molar-refractivity contribution is 1.12. The molecule has 0 amide bonds. The van der Waals surface area contributed by atoms with Crippen molar-refractivity contribution in [3.63, 3.8) is 0 Å². The molecule has 0 saturated carbocycles. The zero-order valence-electron chi connectivity index (χ0n) is 13.6. The number of aryl methyl sites for hydroxylation is 1. The molecule has 4 rings (SSSR count). The van der Waals surface area contributed by atoms with Gasteiger partial charge in [-0.25, -0.2) is 9.97 Å². The van der Waals surface area contributed by atoms with Gasteiger partial charge in [-0.2, -0.15) is 5.10 Å². The molecular formula is C18H18N6. The third-order valence-electron chi connectivity index (χ3n) is 4.07. The monoisotopic (exact) mass is 318 g/mol. The maximum absolute atomic E-state index is 4.69. The van der Waals surface area contributed by atoms with Crippen molar-refractivity contribution in [2.24, 2.45) is 0 Å². The van der Waals surface area contributed by atoms with Gasteiger partial charge in [0, 0.05) is 34.9 Å². The fourth-order valence-electron chi connectivity index (χ4n) is 2.83. The van der Waals surface area contributed by atoms with Gasteiger partial charge in [0.1, 0.15) is 0 Å². The van der Waals surface area contributed by atoms with Crippen molar-refractivity contribution in [1.29, 1.82) is 0 Å². The molecule has 120 valence electrons. The number of benzene rings is 2. The number of rotatable bonds is 4. The average Bonchev–Trinajstić information content (AvgIpc) is 3.06. The molecule has 3 N–H and O–H groups in total. The molecule has 2 heterocycles. The molecule has 6 nitrogen and oxygen atoms in total. The molecule has 0 saturated heterocycles. The summed E-state index contributed by atoms with van der Waals surface area (Å²) < 4.78 is 0. The van der Waals surface area contributed by atoms with Crippen LogP contribution in [0.2, 0.25) is 0 Å². The van der Waals surface area contributed by atoms with E-state index in [1.54, 1.807) is 6.20 Å². The molecule has 24 heavy (non-hydrogen) atoms. The van der Waals surface area contributed by atoms with Gasteiger partial charge in [0.2, 0.25) is 5.95 Å². The highest BCUT2D eigenvalue weighted by atomic mass is 15.1. The molecule has 0 aliphatic heterocycles. The van der Waals surface area contributed by atoms with Crippen molar-refractivity contribution >= 4 is 39.1 Å². The predicted octanol–water partition coefficient (Wildman–Crippen LogP) is 3.99. The second-order valence-electron chi connectivity index (χ2n) is 5.70. The Morgan fingerprint density at radius 2 is 1.96 bits per heavy atom. The van der Waals surface area contributed by atoms with E-state index in [1.165, 1.54) is 0 Å². The second kappa shape index (κ2) is 5.81. The van der Waals surface area contributed by atoms with E-state index in [1.807, 2.05) is 30.5 Å². The highest BCUT2D eigenvalue weighted by Gasteiger charge is 2.07. The first-order valence-corrected chi connectivity index (χ1v) is 7.95. The minimum atomic E-state index is 0.582. The Morgan fingerprint density at radius 3 is 2.83 bits per heavy atom. The number of nitrogens with one attached hydrogen (secondary N) is 3. The summed E-state index contributed by atoms with van der Waals surface area (Å²) in [5, 5.41) is 15.7. The number of aromatic nitrogens is 4. The van der Waals surface area contributed by atoms with Crippen LogP contribution in [0.3, 0.4) is 0 Å². The molecule has 0 aliphatic rings. The zero-order chi connectivity index (χ0) is 16.5. The van der Waals surface area contributed by atoms with E-state index in [9.17, 15) is 0 Å². The van der Waals surface area contributed by atoms with Crippen molar-refractivity contribution in [1.82, 2.24) is 20.2 Å². The normalized spacial score (nSPS) is 11.1. The number of nitrogens with zero attached hydrogens (tertiary/aromatic N) is 3. The van der Waals surface area contributed by atoms with Gasteiger partial charge in [-0.05, 0) is 49.7 Å². The van der Waals surface area contributed by atoms with Gasteiger partial charge in [-0.1, -0.05) is 0 Å². The molecule has 0 fully saturated rings. The van der Waals surface area contributed by atoms with Crippen molar-refractivity contribution in [2.45, 2.75) is 13.8 Å². The smallest absolute Gasteiger partial charge is 0.227 e. The number of aromatic amines is 1. The molecule has 0 spiro atoms. The fraction of sp³-hybridized carbons (Fsp3) is 0.167.